The van der Waals surface area contributed by atoms with Crippen molar-refractivity contribution in [2.45, 2.75) is 11.3 Å². The van der Waals surface area contributed by atoms with E-state index in [4.69, 9.17) is 21.1 Å². The third-order valence-electron chi connectivity index (χ3n) is 5.31. The predicted molar refractivity (Wildman–Crippen MR) is 143 cm³/mol. The summed E-state index contributed by atoms with van der Waals surface area (Å²) in [7, 11) is -1.08. The van der Waals surface area contributed by atoms with Crippen LogP contribution in [0.4, 0.5) is 11.4 Å². The van der Waals surface area contributed by atoms with Crippen molar-refractivity contribution in [1.82, 2.24) is 5.32 Å². The third kappa shape index (κ3) is 7.45. The first-order valence-corrected chi connectivity index (χ1v) is 13.2. The van der Waals surface area contributed by atoms with Gasteiger partial charge >= 0.3 is 0 Å². The molecule has 2 amide bonds. The van der Waals surface area contributed by atoms with Gasteiger partial charge in [-0.3, -0.25) is 13.9 Å². The molecule has 0 spiro atoms. The second-order valence-electron chi connectivity index (χ2n) is 7.86. The number of carbonyl (C=O) groups excluding carboxylic acids is 2. The van der Waals surface area contributed by atoms with Crippen molar-refractivity contribution in [2.75, 3.05) is 43.5 Å². The average molecular weight is 546 g/mol. The molecule has 0 aliphatic heterocycles. The summed E-state index contributed by atoms with van der Waals surface area (Å²) >= 11 is 5.99. The number of carbonyl (C=O) groups is 2. The second-order valence-corrected chi connectivity index (χ2v) is 10.2. The topological polar surface area (TPSA) is 114 Å². The van der Waals surface area contributed by atoms with E-state index in [-0.39, 0.29) is 27.7 Å². The van der Waals surface area contributed by atoms with Crippen LogP contribution in [0.2, 0.25) is 5.02 Å². The van der Waals surface area contributed by atoms with Crippen LogP contribution in [0.5, 0.6) is 5.75 Å². The molecule has 9 nitrogen and oxygen atoms in total. The number of amides is 2. The van der Waals surface area contributed by atoms with Crippen molar-refractivity contribution < 1.29 is 27.5 Å². The molecule has 2 N–H and O–H groups in total. The fourth-order valence-electron chi connectivity index (χ4n) is 3.42. The molecule has 0 aliphatic rings. The molecule has 0 atom stereocenters. The lowest BCUT2D eigenvalue weighted by Crippen LogP contribution is -2.38. The van der Waals surface area contributed by atoms with Crippen molar-refractivity contribution in [2.24, 2.45) is 0 Å². The summed E-state index contributed by atoms with van der Waals surface area (Å²) in [5.41, 5.74) is 0.763. The number of ether oxygens (including phenoxy) is 2. The molecule has 37 heavy (non-hydrogen) atoms. The Hall–Kier alpha value is -3.60. The van der Waals surface area contributed by atoms with Gasteiger partial charge in [0, 0.05) is 25.3 Å². The number of anilines is 2. The number of methoxy groups -OCH3 is 2. The summed E-state index contributed by atoms with van der Waals surface area (Å²) in [5.74, 6) is -0.508. The van der Waals surface area contributed by atoms with Crippen LogP contribution in [-0.2, 0) is 19.6 Å². The summed E-state index contributed by atoms with van der Waals surface area (Å²) in [6.45, 7) is 0.362. The highest BCUT2D eigenvalue weighted by molar-refractivity contribution is 7.92. The van der Waals surface area contributed by atoms with Gasteiger partial charge in [-0.15, -0.1) is 0 Å². The van der Waals surface area contributed by atoms with Gasteiger partial charge in [0.05, 0.1) is 28.9 Å². The van der Waals surface area contributed by atoms with E-state index in [0.717, 1.165) is 4.31 Å². The molecule has 0 fully saturated rings. The lowest BCUT2D eigenvalue weighted by atomic mass is 10.1. The van der Waals surface area contributed by atoms with Gasteiger partial charge in [-0.2, -0.15) is 0 Å². The van der Waals surface area contributed by atoms with Crippen molar-refractivity contribution in [3.8, 4) is 5.75 Å². The van der Waals surface area contributed by atoms with Crippen molar-refractivity contribution in [3.05, 3.63) is 83.4 Å². The van der Waals surface area contributed by atoms with Gasteiger partial charge in [0.1, 0.15) is 12.3 Å². The first-order valence-electron chi connectivity index (χ1n) is 11.3. The average Bonchev–Trinajstić information content (AvgIpc) is 2.90. The normalized spacial score (nSPS) is 11.0. The van der Waals surface area contributed by atoms with Crippen LogP contribution in [-0.4, -0.2) is 54.1 Å². The Kier molecular flexibility index (Phi) is 9.90. The van der Waals surface area contributed by atoms with Crippen LogP contribution in [0.3, 0.4) is 0 Å². The number of benzene rings is 3. The molecule has 0 radical (unpaired) electrons. The SMILES string of the molecule is COCCCNC(=O)c1ccccc1NC(=O)CN(c1ccc(Cl)cc1)S(=O)(=O)c1ccc(OC)cc1. The largest absolute Gasteiger partial charge is 0.497 e. The van der Waals surface area contributed by atoms with Gasteiger partial charge in [0.25, 0.3) is 15.9 Å². The van der Waals surface area contributed by atoms with Crippen LogP contribution in [0.1, 0.15) is 16.8 Å². The van der Waals surface area contributed by atoms with Crippen molar-refractivity contribution in [1.29, 1.82) is 0 Å². The molecule has 11 heteroatoms. The Balaban J connectivity index is 1.85. The van der Waals surface area contributed by atoms with Gasteiger partial charge in [0.2, 0.25) is 5.91 Å². The maximum atomic E-state index is 13.5. The standard InChI is InChI=1S/C26H28ClN3O6S/c1-35-17-5-16-28-26(32)23-6-3-4-7-24(23)29-25(31)18-30(20-10-8-19(27)9-11-20)37(33,34)22-14-12-21(36-2)13-15-22/h3-4,6-15H,5,16-18H2,1-2H3,(H,28,32)(H,29,31). The van der Waals surface area contributed by atoms with Crippen LogP contribution >= 0.6 is 11.6 Å². The molecule has 0 saturated carbocycles. The summed E-state index contributed by atoms with van der Waals surface area (Å²) in [6, 6.07) is 18.4. The highest BCUT2D eigenvalue weighted by atomic mass is 35.5. The first-order chi connectivity index (χ1) is 17.8. The monoisotopic (exact) mass is 545 g/mol. The number of rotatable bonds is 12. The van der Waals surface area contributed by atoms with Crippen LogP contribution in [0.15, 0.2) is 77.7 Å². The minimum absolute atomic E-state index is 0.0214. The Morgan fingerprint density at radius 1 is 0.946 bits per heavy atom. The van der Waals surface area contributed by atoms with Crippen molar-refractivity contribution in [3.63, 3.8) is 0 Å². The van der Waals surface area contributed by atoms with Gasteiger partial charge in [-0.05, 0) is 67.1 Å². The third-order valence-corrected chi connectivity index (χ3v) is 7.35. The van der Waals surface area contributed by atoms with E-state index in [1.807, 2.05) is 0 Å². The van der Waals surface area contributed by atoms with Gasteiger partial charge < -0.3 is 20.1 Å². The Bertz CT molecular complexity index is 1310. The van der Waals surface area contributed by atoms with Crippen LogP contribution in [0, 0.1) is 0 Å². The number of hydrogen-bond donors (Lipinski definition) is 2. The lowest BCUT2D eigenvalue weighted by Gasteiger charge is -2.24. The number of sulfonamides is 1. The molecule has 0 unspecified atom stereocenters. The fourth-order valence-corrected chi connectivity index (χ4v) is 4.97. The van der Waals surface area contributed by atoms with Gasteiger partial charge in [-0.25, -0.2) is 8.42 Å². The highest BCUT2D eigenvalue weighted by Gasteiger charge is 2.28. The van der Waals surface area contributed by atoms with E-state index in [2.05, 4.69) is 10.6 Å². The molecule has 0 aliphatic carbocycles. The van der Waals surface area contributed by atoms with E-state index in [1.165, 1.54) is 55.6 Å². The minimum Gasteiger partial charge on any atom is -0.497 e. The molecule has 0 aromatic heterocycles. The van der Waals surface area contributed by atoms with E-state index in [1.54, 1.807) is 31.4 Å². The van der Waals surface area contributed by atoms with E-state index in [9.17, 15) is 18.0 Å². The van der Waals surface area contributed by atoms with Crippen LogP contribution < -0.4 is 19.7 Å². The summed E-state index contributed by atoms with van der Waals surface area (Å²) in [6.07, 6.45) is 0.635. The summed E-state index contributed by atoms with van der Waals surface area (Å²) < 4.78 is 38.2. The number of nitrogens with zero attached hydrogens (tertiary/aromatic N) is 1. The molecule has 3 aromatic carbocycles. The smallest absolute Gasteiger partial charge is 0.264 e. The summed E-state index contributed by atoms with van der Waals surface area (Å²) in [4.78, 5) is 25.7. The van der Waals surface area contributed by atoms with Gasteiger partial charge in [0.15, 0.2) is 0 Å². The predicted octanol–water partition coefficient (Wildman–Crippen LogP) is 3.95. The number of hydrogen-bond acceptors (Lipinski definition) is 6. The fraction of sp³-hybridized carbons (Fsp3) is 0.231. The minimum atomic E-state index is -4.14. The Morgan fingerprint density at radius 3 is 2.27 bits per heavy atom. The van der Waals surface area contributed by atoms with E-state index < -0.39 is 22.5 Å². The van der Waals surface area contributed by atoms with Crippen LogP contribution in [0.25, 0.3) is 0 Å². The molecule has 196 valence electrons. The number of nitrogens with one attached hydrogen (secondary N) is 2. The Labute approximate surface area is 221 Å². The zero-order valence-electron chi connectivity index (χ0n) is 20.4. The highest BCUT2D eigenvalue weighted by Crippen LogP contribution is 2.27. The lowest BCUT2D eigenvalue weighted by molar-refractivity contribution is -0.114. The Morgan fingerprint density at radius 2 is 1.62 bits per heavy atom. The maximum absolute atomic E-state index is 13.5. The van der Waals surface area contributed by atoms with Crippen molar-refractivity contribution >= 4 is 44.8 Å². The van der Waals surface area contributed by atoms with E-state index in [0.29, 0.717) is 30.3 Å². The maximum Gasteiger partial charge on any atom is 0.264 e. The molecular weight excluding hydrogens is 518 g/mol. The molecular formula is C26H28ClN3O6S. The molecule has 3 rings (SSSR count). The second kappa shape index (κ2) is 13.1. The summed E-state index contributed by atoms with van der Waals surface area (Å²) in [5, 5.41) is 5.86. The van der Waals surface area contributed by atoms with E-state index >= 15 is 0 Å². The molecule has 3 aromatic rings. The van der Waals surface area contributed by atoms with Gasteiger partial charge in [-0.1, -0.05) is 23.7 Å². The number of halogens is 1. The molecule has 0 heterocycles. The molecule has 0 bridgehead atoms. The quantitative estimate of drug-likeness (QED) is 0.333. The molecule has 0 saturated heterocycles. The zero-order chi connectivity index (χ0) is 26.8. The zero-order valence-corrected chi connectivity index (χ0v) is 22.0. The number of para-hydroxylation sites is 1. The first kappa shape index (κ1) is 28.0.